The first-order valence-corrected chi connectivity index (χ1v) is 46.1. The van der Waals surface area contributed by atoms with Crippen molar-refractivity contribution in [2.75, 3.05) is 19.6 Å². The molecule has 6 amide bonds. The number of hydrogen-bond donors (Lipinski definition) is 3. The van der Waals surface area contributed by atoms with Gasteiger partial charge in [0.1, 0.15) is 71.0 Å². The first kappa shape index (κ1) is 112. The zero-order valence-corrected chi connectivity index (χ0v) is 83.6. The second-order valence-electron chi connectivity index (χ2n) is 40.7. The summed E-state index contributed by atoms with van der Waals surface area (Å²) in [5.74, 6) is -15.7. The summed E-state index contributed by atoms with van der Waals surface area (Å²) in [6.07, 6.45) is 4.74. The Morgan fingerprint density at radius 1 is 0.432 bits per heavy atom. The van der Waals surface area contributed by atoms with E-state index in [9.17, 15) is 69.5 Å². The minimum atomic E-state index is -3.38. The van der Waals surface area contributed by atoms with Crippen LogP contribution in [-0.2, 0) is 116 Å². The third-order valence-corrected chi connectivity index (χ3v) is 27.6. The quantitative estimate of drug-likeness (QED) is 0.0616. The monoisotopic (exact) mass is 2080 g/mol. The van der Waals surface area contributed by atoms with E-state index in [-0.39, 0.29) is 168 Å². The van der Waals surface area contributed by atoms with Crippen molar-refractivity contribution >= 4 is 87.6 Å². The van der Waals surface area contributed by atoms with Crippen LogP contribution in [0.1, 0.15) is 223 Å². The Hall–Kier alpha value is -9.17. The fourth-order valence-corrected chi connectivity index (χ4v) is 19.3. The van der Waals surface area contributed by atoms with Crippen molar-refractivity contribution < 1.29 is 194 Å². The first-order valence-electron chi connectivity index (χ1n) is 46.1. The summed E-state index contributed by atoms with van der Waals surface area (Å²) < 4.78 is 222. The average Bonchev–Trinajstić information content (AvgIpc) is 1.29. The van der Waals surface area contributed by atoms with Crippen LogP contribution in [0, 0.1) is 51.8 Å². The number of aromatic nitrogens is 3. The van der Waals surface area contributed by atoms with Crippen molar-refractivity contribution in [1.82, 2.24) is 45.6 Å². The number of pyridine rings is 3. The van der Waals surface area contributed by atoms with Crippen molar-refractivity contribution in [3.05, 3.63) is 89.5 Å². The molecule has 18 atom stereocenters. The summed E-state index contributed by atoms with van der Waals surface area (Å²) in [5.41, 5.74) is -5.06. The molecule has 9 heterocycles. The number of nitrogens with one attached hydrogen (secondary N) is 3. The molecule has 3 N–H and O–H groups in total. The van der Waals surface area contributed by atoms with E-state index < -0.39 is 227 Å². The number of rotatable bonds is 11. The Kier molecular flexibility index (Phi) is 35.7. The second-order valence-corrected chi connectivity index (χ2v) is 40.7. The minimum Gasteiger partial charge on any atom is -0.540 e. The maximum absolute atomic E-state index is 16.0. The van der Waals surface area contributed by atoms with Crippen molar-refractivity contribution in [1.29, 1.82) is 0 Å². The van der Waals surface area contributed by atoms with Gasteiger partial charge in [-0.2, -0.15) is 26.3 Å². The molecule has 42 heteroatoms. The molecule has 3 saturated heterocycles. The van der Waals surface area contributed by atoms with Crippen LogP contribution in [0.15, 0.2) is 72.8 Å². The Balaban J connectivity index is 0.000000213. The summed E-state index contributed by atoms with van der Waals surface area (Å²) in [5, 5.41) is 8.93. The van der Waals surface area contributed by atoms with Gasteiger partial charge in [0, 0.05) is 121 Å². The van der Waals surface area contributed by atoms with Gasteiger partial charge in [-0.3, -0.25) is 14.4 Å². The van der Waals surface area contributed by atoms with Crippen LogP contribution >= 0.6 is 0 Å². The molecule has 6 bridgehead atoms. The van der Waals surface area contributed by atoms with Crippen molar-refractivity contribution in [3.63, 3.8) is 0 Å². The molecule has 15 rings (SSSR count). The normalized spacial score (nSPS) is 29.4. The zero-order valence-electron chi connectivity index (χ0n) is 79.4. The van der Waals surface area contributed by atoms with E-state index in [0.717, 1.165) is 0 Å². The van der Waals surface area contributed by atoms with E-state index in [4.69, 9.17) is 28.4 Å². The van der Waals surface area contributed by atoms with Crippen LogP contribution in [0.25, 0.3) is 32.7 Å². The largest absolute Gasteiger partial charge is 0.540 e. The molecule has 6 aromatic rings. The predicted octanol–water partition coefficient (Wildman–Crippen LogP) is 18.8. The summed E-state index contributed by atoms with van der Waals surface area (Å²) >= 11 is 0. The van der Waals surface area contributed by atoms with E-state index in [1.807, 2.05) is 18.9 Å². The van der Waals surface area contributed by atoms with Crippen LogP contribution in [0.5, 0.6) is 34.9 Å². The molecule has 3 aliphatic carbocycles. The van der Waals surface area contributed by atoms with Crippen molar-refractivity contribution in [2.24, 2.45) is 51.8 Å². The third-order valence-electron chi connectivity index (χ3n) is 27.6. The van der Waals surface area contributed by atoms with Gasteiger partial charge in [0.15, 0.2) is 0 Å². The SMILES string of the molecule is CC[C@@H]1[C@@H]2CN(C(=O)[C@H](C(C)(C)C)NC(=O)O[C@@H]3C[C@H]3CCCCC(F)(F)c3cc4ccc(OC(F)F)cc4nc3O2)[C@@H]1[C-]=O.CC[C@@H]1[C@@H]2CN(C(=O)[C@H](C(C)(C)C)NC(=O)O[C@]3(C)C[C@H]3CCCCC(F)(F)c3cc4ccc(OC(F)F)cc4nc3O2)[C@@H]1[C-]=O.C[C@@H]1[C@@H]2CN(C(=O)[C@H](C(C)(C)C)NC(=O)O[C@]3(C)C[C@H]3CCCCC(F)(F)c3cc4ccc(OC(F)F)cc4nc3O2)[C@@H]1[C-]=O.[V].[V].[V]. The fraction of sp³-hybridized carbons (Fsp3) is 0.629. The molecule has 3 radical (unpaired) electrons. The Morgan fingerprint density at radius 2 is 0.741 bits per heavy atom. The molecule has 139 heavy (non-hydrogen) atoms. The van der Waals surface area contributed by atoms with E-state index in [2.05, 4.69) is 45.1 Å². The molecule has 3 saturated carbocycles. The topological polar surface area (TPSA) is 321 Å². The zero-order chi connectivity index (χ0) is 99.2. The van der Waals surface area contributed by atoms with Gasteiger partial charge >= 0.3 is 38.1 Å². The number of alkyl halides is 12. The van der Waals surface area contributed by atoms with Crippen LogP contribution in [0.2, 0.25) is 0 Å². The number of halogens is 12. The fourth-order valence-electron chi connectivity index (χ4n) is 19.3. The molecule has 6 fully saturated rings. The van der Waals surface area contributed by atoms with Crippen LogP contribution in [-0.4, -0.2) is 196 Å². The molecule has 27 nitrogen and oxygen atoms in total. The van der Waals surface area contributed by atoms with Gasteiger partial charge in [0.25, 0.3) is 17.8 Å². The summed E-state index contributed by atoms with van der Waals surface area (Å²) in [7, 11) is 0. The number of benzene rings is 3. The van der Waals surface area contributed by atoms with Crippen molar-refractivity contribution in [2.45, 2.75) is 316 Å². The van der Waals surface area contributed by atoms with E-state index in [1.54, 1.807) is 96.9 Å². The molecule has 3 aromatic heterocycles. The summed E-state index contributed by atoms with van der Waals surface area (Å²) in [6, 6.07) is 8.67. The maximum atomic E-state index is 16.0. The summed E-state index contributed by atoms with van der Waals surface area (Å²) in [6.45, 7) is 14.8. The number of nitrogens with zero attached hydrogens (tertiary/aromatic N) is 6. The standard InChI is InChI=1S/C33H40F4N3O6.2C32H38F4N3O6.3V/c1-6-21-24(17-41)40-16-25(21)45-27-22(13-18-10-11-20(44-29(34)35)14-23(18)38-27)33(36,37)12-8-7-9-19-15-32(19,5)46-30(43)39-26(28(40)42)31(2,3)4;1-17-23(16-40)39-15-24(17)44-26-21(12-18-9-10-20(43-28(33)34)13-22(18)37-26)32(35,36)11-7-6-8-19-14-31(19,5)45-29(42)38-25(27(39)41)30(2,3)4;1-5-20-23(16-40)39-15-25(20)44-27-21(12-17-9-10-19(43-29(33)34)14-22(17)37-27)32(35,36)11-7-6-8-18-13-24(18)45-30(42)38-26(28(39)41)31(2,3)4;;;/h10-11,13-14,19,21,24-26,29H,6-9,12,15-16H2,1-5H3,(H,39,43);9-10,12-13,17,19,23-25,28H,6-8,11,14-15H2,1-5H3,(H,38,42);9-10,12,14,18,20,23-26,29H,5-8,11,13,15H2,1-4H3,(H,38,42);;;/q3*-1;;;/t19-,21+,24-,25+,26-,32-;17-,19+,23+,24-,25+,31+;18-,20+,23-,24-,25+,26-;;;/m101.../s1. The van der Waals surface area contributed by atoms with Gasteiger partial charge < -0.3 is 87.7 Å². The van der Waals surface area contributed by atoms with E-state index >= 15 is 26.3 Å². The number of alkyl carbamates (subject to hydrolysis) is 3. The summed E-state index contributed by atoms with van der Waals surface area (Å²) in [4.78, 5) is 134. The van der Waals surface area contributed by atoms with Crippen LogP contribution < -0.4 is 44.4 Å². The molecule has 0 spiro atoms. The molecule has 3 aromatic carbocycles. The average molecular weight is 2080 g/mol. The Labute approximate surface area is 833 Å². The maximum Gasteiger partial charge on any atom is 0.408 e. The Morgan fingerprint density at radius 3 is 1.06 bits per heavy atom. The molecule has 759 valence electrons. The molecule has 0 unspecified atom stereocenters. The second kappa shape index (κ2) is 44.4. The molecule has 9 aliphatic rings. The van der Waals surface area contributed by atoms with Crippen LogP contribution in [0.3, 0.4) is 0 Å². The van der Waals surface area contributed by atoms with Gasteiger partial charge in [-0.1, -0.05) is 133 Å². The predicted molar refractivity (Wildman–Crippen MR) is 469 cm³/mol. The van der Waals surface area contributed by atoms with Gasteiger partial charge in [0.05, 0.1) is 52.9 Å². The van der Waals surface area contributed by atoms with Gasteiger partial charge in [-0.15, -0.1) is 0 Å². The van der Waals surface area contributed by atoms with Crippen molar-refractivity contribution in [3.8, 4) is 34.9 Å². The smallest absolute Gasteiger partial charge is 0.408 e. The first-order chi connectivity index (χ1) is 63.8. The Bertz CT molecular complexity index is 5430. The number of carbonyl (C=O) groups excluding carboxylic acids is 9. The van der Waals surface area contributed by atoms with Gasteiger partial charge in [-0.05, 0) is 166 Å². The van der Waals surface area contributed by atoms with Crippen LogP contribution in [0.4, 0.5) is 67.1 Å². The third kappa shape index (κ3) is 26.1. The number of amides is 6. The molecular formula is C97H116F12N9O18V3-3. The minimum absolute atomic E-state index is 0. The molecule has 6 aliphatic heterocycles. The van der Waals surface area contributed by atoms with Gasteiger partial charge in [0.2, 0.25) is 35.4 Å². The van der Waals surface area contributed by atoms with Gasteiger partial charge in [-0.25, -0.2) is 74.5 Å². The number of carbonyl (C=O) groups is 6. The van der Waals surface area contributed by atoms with E-state index in [0.29, 0.717) is 70.6 Å². The number of ether oxygens (including phenoxy) is 9. The number of hydrogen-bond acceptors (Lipinski definition) is 21. The molecular weight excluding hydrogens is 1960 g/mol. The van der Waals surface area contributed by atoms with E-state index in [1.165, 1.54) is 87.5 Å². The number of fused-ring (bicyclic) bond motifs is 15.